The molecule has 5 fully saturated rings. The predicted octanol–water partition coefficient (Wildman–Crippen LogP) is 4.46. The Kier molecular flexibility index (Phi) is 11.9. The highest BCUT2D eigenvalue weighted by atomic mass is 35.5. The smallest absolute Gasteiger partial charge is 0.329 e. The summed E-state index contributed by atoms with van der Waals surface area (Å²) in [6, 6.07) is 13.7. The van der Waals surface area contributed by atoms with Crippen LogP contribution in [-0.2, 0) is 47.6 Å². The first-order valence-corrected chi connectivity index (χ1v) is 23.8. The lowest BCUT2D eigenvalue weighted by Crippen LogP contribution is -2.60. The Morgan fingerprint density at radius 1 is 0.909 bits per heavy atom. The molecule has 1 aliphatic carbocycles. The van der Waals surface area contributed by atoms with E-state index < -0.39 is 52.8 Å². The number of benzene rings is 3. The minimum absolute atomic E-state index is 0.0764. The van der Waals surface area contributed by atoms with Crippen LogP contribution >= 0.6 is 23.2 Å². The maximum absolute atomic E-state index is 16.3. The zero-order valence-electron chi connectivity index (χ0n) is 36.7. The number of imidazole rings is 1. The van der Waals surface area contributed by atoms with Gasteiger partial charge in [-0.2, -0.15) is 0 Å². The number of rotatable bonds is 8. The number of nitrogens with one attached hydrogen (secondary N) is 4. The minimum atomic E-state index is -1.34. The molecule has 1 saturated carbocycles. The van der Waals surface area contributed by atoms with E-state index in [0.29, 0.717) is 73.7 Å². The number of imide groups is 1. The van der Waals surface area contributed by atoms with E-state index >= 15 is 4.39 Å². The molecule has 15 nitrogen and oxygen atoms in total. The second-order valence-electron chi connectivity index (χ2n) is 18.9. The summed E-state index contributed by atoms with van der Waals surface area (Å²) in [4.78, 5) is 84.8. The maximum atomic E-state index is 16.3. The van der Waals surface area contributed by atoms with Crippen molar-refractivity contribution in [2.75, 3.05) is 44.6 Å². The van der Waals surface area contributed by atoms with Gasteiger partial charge in [-0.3, -0.25) is 48.6 Å². The predicted molar refractivity (Wildman–Crippen MR) is 245 cm³/mol. The van der Waals surface area contributed by atoms with Crippen LogP contribution in [0.2, 0.25) is 10.0 Å². The van der Waals surface area contributed by atoms with E-state index in [1.807, 2.05) is 29.2 Å². The van der Waals surface area contributed by atoms with Gasteiger partial charge in [-0.05, 0) is 85.5 Å². The van der Waals surface area contributed by atoms with Gasteiger partial charge in [-0.25, -0.2) is 9.18 Å². The number of piperazine rings is 1. The van der Waals surface area contributed by atoms with Gasteiger partial charge in [0.25, 0.3) is 5.91 Å². The van der Waals surface area contributed by atoms with Crippen molar-refractivity contribution in [3.63, 3.8) is 0 Å². The van der Waals surface area contributed by atoms with Gasteiger partial charge in [0.1, 0.15) is 23.4 Å². The molecule has 3 aromatic carbocycles. The third-order valence-electron chi connectivity index (χ3n) is 15.3. The van der Waals surface area contributed by atoms with E-state index in [4.69, 9.17) is 27.9 Å². The average Bonchev–Trinajstić information content (AvgIpc) is 3.87. The molecular weight excluding hydrogens is 890 g/mol. The molecule has 5 amide bonds. The summed E-state index contributed by atoms with van der Waals surface area (Å²) >= 11 is 12.8. The number of anilines is 1. The number of fused-ring (bicyclic) bond motifs is 4. The van der Waals surface area contributed by atoms with Crippen molar-refractivity contribution in [1.82, 2.24) is 34.9 Å². The molecule has 2 spiro atoms. The van der Waals surface area contributed by atoms with Crippen molar-refractivity contribution in [1.29, 1.82) is 0 Å². The second kappa shape index (κ2) is 17.5. The van der Waals surface area contributed by atoms with E-state index in [1.54, 1.807) is 31.3 Å². The van der Waals surface area contributed by atoms with Gasteiger partial charge in [0.15, 0.2) is 0 Å². The standard InChI is InChI=1S/C48H53Cl2FN8O7/c1-56-36-24-27(8-12-34(36)59(46(56)65)35-13-15-38(60)54-42(35)61)16-19-57-20-22-58(23-21-57)44(63)37-14-10-29(26-66-37)52-43(62)41-39(30-6-5-7-32(50)40(30)51)48(47(55-41)17-3-2-4-18-47)31-11-9-28(49)25-33(31)53-45(48)64/h5-9,11-12,24-25,29,35,37,39,41,55H,2-4,10,13-23,26H2,1H3,(H,52,62)(H,53,64)(H,54,60,61)/t29-,35?,37+,39+,41-,48-/m1/s1. The molecule has 1 unspecified atom stereocenters. The molecule has 4 aromatic rings. The van der Waals surface area contributed by atoms with Crippen molar-refractivity contribution in [2.45, 2.75) is 105 Å². The lowest BCUT2D eigenvalue weighted by molar-refractivity contribution is -0.149. The largest absolute Gasteiger partial charge is 0.366 e. The van der Waals surface area contributed by atoms with Gasteiger partial charge in [-0.1, -0.05) is 66.7 Å². The number of ether oxygens (including phenoxy) is 1. The van der Waals surface area contributed by atoms with Crippen LogP contribution in [0, 0.1) is 5.82 Å². The fraction of sp³-hybridized carbons (Fsp3) is 0.500. The fourth-order valence-corrected chi connectivity index (χ4v) is 12.4. The molecule has 18 heteroatoms. The monoisotopic (exact) mass is 942 g/mol. The molecule has 4 saturated heterocycles. The maximum Gasteiger partial charge on any atom is 0.329 e. The highest BCUT2D eigenvalue weighted by Crippen LogP contribution is 2.62. The van der Waals surface area contributed by atoms with Gasteiger partial charge in [0.05, 0.1) is 34.7 Å². The van der Waals surface area contributed by atoms with Gasteiger partial charge in [0, 0.05) is 68.4 Å². The Hall–Kier alpha value is -5.13. The summed E-state index contributed by atoms with van der Waals surface area (Å²) < 4.78 is 25.5. The van der Waals surface area contributed by atoms with Crippen molar-refractivity contribution < 1.29 is 33.1 Å². The number of carbonyl (C=O) groups is 5. The fourth-order valence-electron chi connectivity index (χ4n) is 12.0. The number of piperidine rings is 1. The number of halogens is 3. The molecule has 348 valence electrons. The van der Waals surface area contributed by atoms with E-state index in [0.717, 1.165) is 43.3 Å². The van der Waals surface area contributed by atoms with E-state index in [9.17, 15) is 28.8 Å². The molecule has 0 bridgehead atoms. The van der Waals surface area contributed by atoms with Crippen LogP contribution in [0.4, 0.5) is 10.1 Å². The summed E-state index contributed by atoms with van der Waals surface area (Å²) in [5.41, 5.74) is 1.33. The zero-order valence-corrected chi connectivity index (χ0v) is 38.2. The number of hydrogen-bond acceptors (Lipinski definition) is 9. The Bertz CT molecular complexity index is 2700. The van der Waals surface area contributed by atoms with Crippen LogP contribution < -0.4 is 27.0 Å². The number of hydrogen-bond donors (Lipinski definition) is 4. The minimum Gasteiger partial charge on any atom is -0.366 e. The van der Waals surface area contributed by atoms with Crippen LogP contribution in [0.25, 0.3) is 11.0 Å². The van der Waals surface area contributed by atoms with Crippen LogP contribution in [-0.4, -0.2) is 112 Å². The van der Waals surface area contributed by atoms with Crippen molar-refractivity contribution >= 4 is 69.5 Å². The summed E-state index contributed by atoms with van der Waals surface area (Å²) in [5, 5.41) is 12.6. The quantitative estimate of drug-likeness (QED) is 0.186. The van der Waals surface area contributed by atoms with E-state index in [1.165, 1.54) is 15.2 Å². The van der Waals surface area contributed by atoms with Gasteiger partial charge in [-0.15, -0.1) is 0 Å². The third-order valence-corrected chi connectivity index (χ3v) is 15.8. The highest BCUT2D eigenvalue weighted by Gasteiger charge is 2.72. The van der Waals surface area contributed by atoms with E-state index in [-0.39, 0.29) is 59.4 Å². The average molecular weight is 944 g/mol. The number of amides is 5. The number of aryl methyl sites for hydroxylation is 1. The van der Waals surface area contributed by atoms with Crippen molar-refractivity contribution in [3.05, 3.63) is 97.6 Å². The number of aromatic nitrogens is 2. The second-order valence-corrected chi connectivity index (χ2v) is 19.7. The van der Waals surface area contributed by atoms with Crippen molar-refractivity contribution in [3.8, 4) is 0 Å². The van der Waals surface area contributed by atoms with E-state index in [2.05, 4.69) is 26.2 Å². The highest BCUT2D eigenvalue weighted by molar-refractivity contribution is 6.31. The molecule has 5 aliphatic heterocycles. The third kappa shape index (κ3) is 7.43. The summed E-state index contributed by atoms with van der Waals surface area (Å²) in [5.74, 6) is -3.16. The molecule has 6 atom stereocenters. The van der Waals surface area contributed by atoms with Crippen molar-refractivity contribution in [2.24, 2.45) is 7.05 Å². The molecule has 10 rings (SSSR count). The summed E-state index contributed by atoms with van der Waals surface area (Å²) in [6.07, 6.45) is 5.31. The molecule has 0 radical (unpaired) electrons. The topological polar surface area (TPSA) is 176 Å². The first-order chi connectivity index (χ1) is 31.8. The van der Waals surface area contributed by atoms with Crippen LogP contribution in [0.1, 0.15) is 86.4 Å². The Morgan fingerprint density at radius 3 is 2.44 bits per heavy atom. The number of nitrogens with zero attached hydrogens (tertiary/aromatic N) is 4. The van der Waals surface area contributed by atoms with Crippen LogP contribution in [0.5, 0.6) is 0 Å². The van der Waals surface area contributed by atoms with Crippen LogP contribution in [0.3, 0.4) is 0 Å². The molecule has 6 heterocycles. The zero-order chi connectivity index (χ0) is 46.1. The molecular formula is C48H53Cl2FN8O7. The lowest BCUT2D eigenvalue weighted by Gasteiger charge is -2.47. The van der Waals surface area contributed by atoms with Gasteiger partial charge < -0.3 is 20.3 Å². The Labute approximate surface area is 390 Å². The molecule has 6 aliphatic rings. The molecule has 4 N–H and O–H groups in total. The first-order valence-electron chi connectivity index (χ1n) is 23.1. The summed E-state index contributed by atoms with van der Waals surface area (Å²) in [6.45, 7) is 3.34. The van der Waals surface area contributed by atoms with Gasteiger partial charge >= 0.3 is 5.69 Å². The summed E-state index contributed by atoms with van der Waals surface area (Å²) in [7, 11) is 1.68. The lowest BCUT2D eigenvalue weighted by atomic mass is 9.55. The first kappa shape index (κ1) is 44.7. The Balaban J connectivity index is 0.770. The van der Waals surface area contributed by atoms with Gasteiger partial charge in [0.2, 0.25) is 23.6 Å². The van der Waals surface area contributed by atoms with Crippen LogP contribution in [0.15, 0.2) is 59.4 Å². The normalized spacial score (nSPS) is 27.6. The SMILES string of the molecule is Cn1c(=O)n(C2CCC(=O)NC2=O)c2ccc(CCN3CCN(C(=O)[C@@H]4CC[C@@H](NC(=O)[C@@H]5NC6(CCCCC6)[C@@]6(C(=O)Nc7cc(Cl)ccc76)[C@H]5c5cccc(Cl)c5F)CO4)CC3)cc21. The number of carbonyl (C=O) groups excluding carboxylic acids is 5. The molecule has 1 aromatic heterocycles. The molecule has 66 heavy (non-hydrogen) atoms. The Morgan fingerprint density at radius 2 is 1.70 bits per heavy atom.